The molecule has 3 heteroatoms. The Kier molecular flexibility index (Phi) is 4.69. The Morgan fingerprint density at radius 1 is 1.35 bits per heavy atom. The molecule has 96 valence electrons. The lowest BCUT2D eigenvalue weighted by atomic mass is 9.83. The molecule has 0 bridgehead atoms. The zero-order valence-corrected chi connectivity index (χ0v) is 12.3. The summed E-state index contributed by atoms with van der Waals surface area (Å²) in [5, 5.41) is 3.58. The largest absolute Gasteiger partial charge is 0.453 e. The van der Waals surface area contributed by atoms with Crippen molar-refractivity contribution in [2.45, 2.75) is 45.6 Å². The molecule has 0 aromatic carbocycles. The van der Waals surface area contributed by atoms with Gasteiger partial charge in [-0.15, -0.1) is 0 Å². The highest BCUT2D eigenvalue weighted by Crippen LogP contribution is 2.28. The Labute approximate surface area is 112 Å². The van der Waals surface area contributed by atoms with E-state index < -0.39 is 0 Å². The number of rotatable bonds is 4. The molecule has 1 unspecified atom stereocenters. The number of nitrogens with one attached hydrogen (secondary N) is 1. The van der Waals surface area contributed by atoms with E-state index in [2.05, 4.69) is 35.1 Å². The van der Waals surface area contributed by atoms with Crippen molar-refractivity contribution < 1.29 is 4.42 Å². The Morgan fingerprint density at radius 2 is 2.06 bits per heavy atom. The van der Waals surface area contributed by atoms with Gasteiger partial charge in [0, 0.05) is 0 Å². The maximum Gasteiger partial charge on any atom is 0.169 e. The first-order valence-electron chi connectivity index (χ1n) is 6.63. The molecule has 2 rings (SSSR count). The first kappa shape index (κ1) is 13.2. The average Bonchev–Trinajstić information content (AvgIpc) is 2.75. The van der Waals surface area contributed by atoms with E-state index in [0.717, 1.165) is 28.8 Å². The van der Waals surface area contributed by atoms with Crippen LogP contribution in [0.4, 0.5) is 0 Å². The molecule has 1 N–H and O–H groups in total. The number of hydrogen-bond acceptors (Lipinski definition) is 2. The molecule has 1 aliphatic rings. The topological polar surface area (TPSA) is 25.2 Å². The van der Waals surface area contributed by atoms with Gasteiger partial charge in [-0.25, -0.2) is 0 Å². The molecule has 1 heterocycles. The van der Waals surface area contributed by atoms with E-state index in [1.807, 2.05) is 12.1 Å². The van der Waals surface area contributed by atoms with Crippen LogP contribution in [0.2, 0.25) is 0 Å². The van der Waals surface area contributed by atoms with E-state index in [1.54, 1.807) is 0 Å². The second-order valence-corrected chi connectivity index (χ2v) is 6.18. The van der Waals surface area contributed by atoms with Gasteiger partial charge >= 0.3 is 0 Å². The first-order valence-corrected chi connectivity index (χ1v) is 7.43. The zero-order valence-electron chi connectivity index (χ0n) is 10.7. The van der Waals surface area contributed by atoms with Crippen molar-refractivity contribution in [2.75, 3.05) is 6.54 Å². The number of hydrogen-bond donors (Lipinski definition) is 1. The third kappa shape index (κ3) is 3.85. The zero-order chi connectivity index (χ0) is 12.3. The van der Waals surface area contributed by atoms with Crippen molar-refractivity contribution in [1.82, 2.24) is 5.32 Å². The molecular formula is C14H22BrNO. The second kappa shape index (κ2) is 6.05. The van der Waals surface area contributed by atoms with Gasteiger partial charge in [0.1, 0.15) is 5.76 Å². The molecule has 1 aromatic rings. The maximum absolute atomic E-state index is 5.56. The van der Waals surface area contributed by atoms with Gasteiger partial charge in [-0.3, -0.25) is 0 Å². The summed E-state index contributed by atoms with van der Waals surface area (Å²) in [4.78, 5) is 0. The van der Waals surface area contributed by atoms with Crippen molar-refractivity contribution in [1.29, 1.82) is 0 Å². The van der Waals surface area contributed by atoms with E-state index in [1.165, 1.54) is 25.7 Å². The van der Waals surface area contributed by atoms with Crippen LogP contribution in [0.1, 0.15) is 51.3 Å². The Balaban J connectivity index is 1.74. The van der Waals surface area contributed by atoms with Crippen molar-refractivity contribution >= 4 is 15.9 Å². The van der Waals surface area contributed by atoms with E-state index in [9.17, 15) is 0 Å². The van der Waals surface area contributed by atoms with Gasteiger partial charge in [0.2, 0.25) is 0 Å². The minimum atomic E-state index is 0.306. The second-order valence-electron chi connectivity index (χ2n) is 5.40. The molecule has 1 aromatic heterocycles. The van der Waals surface area contributed by atoms with Crippen molar-refractivity contribution in [3.8, 4) is 0 Å². The Morgan fingerprint density at radius 3 is 2.65 bits per heavy atom. The highest BCUT2D eigenvalue weighted by Gasteiger charge is 2.19. The fourth-order valence-corrected chi connectivity index (χ4v) is 2.86. The lowest BCUT2D eigenvalue weighted by Gasteiger charge is -2.27. The van der Waals surface area contributed by atoms with Crippen molar-refractivity contribution in [3.63, 3.8) is 0 Å². The van der Waals surface area contributed by atoms with Crippen LogP contribution in [-0.2, 0) is 0 Å². The summed E-state index contributed by atoms with van der Waals surface area (Å²) < 4.78 is 6.37. The number of furan rings is 1. The van der Waals surface area contributed by atoms with Gasteiger partial charge in [-0.05, 0) is 66.2 Å². The molecule has 0 saturated heterocycles. The number of halogens is 1. The molecule has 1 atom stereocenters. The lowest BCUT2D eigenvalue weighted by Crippen LogP contribution is -2.28. The molecule has 0 spiro atoms. The fraction of sp³-hybridized carbons (Fsp3) is 0.714. The molecule has 1 aliphatic carbocycles. The van der Waals surface area contributed by atoms with Crippen LogP contribution in [0.15, 0.2) is 21.2 Å². The van der Waals surface area contributed by atoms with Crippen molar-refractivity contribution in [2.24, 2.45) is 11.8 Å². The van der Waals surface area contributed by atoms with Gasteiger partial charge in [-0.1, -0.05) is 19.8 Å². The van der Waals surface area contributed by atoms with Crippen LogP contribution in [0.3, 0.4) is 0 Å². The van der Waals surface area contributed by atoms with E-state index in [4.69, 9.17) is 4.42 Å². The quantitative estimate of drug-likeness (QED) is 0.884. The third-order valence-corrected chi connectivity index (χ3v) is 4.30. The van der Waals surface area contributed by atoms with E-state index in [-0.39, 0.29) is 0 Å². The summed E-state index contributed by atoms with van der Waals surface area (Å²) in [5.74, 6) is 2.80. The normalized spacial score (nSPS) is 27.0. The van der Waals surface area contributed by atoms with Crippen LogP contribution >= 0.6 is 15.9 Å². The Hall–Kier alpha value is -0.280. The van der Waals surface area contributed by atoms with Crippen LogP contribution in [0.25, 0.3) is 0 Å². The molecule has 1 fully saturated rings. The maximum atomic E-state index is 5.56. The molecular weight excluding hydrogens is 278 g/mol. The molecule has 0 radical (unpaired) electrons. The summed E-state index contributed by atoms with van der Waals surface area (Å²) in [6, 6.07) is 4.29. The monoisotopic (exact) mass is 299 g/mol. The predicted octanol–water partition coefficient (Wildman–Crippen LogP) is 4.52. The van der Waals surface area contributed by atoms with E-state index >= 15 is 0 Å². The smallest absolute Gasteiger partial charge is 0.169 e. The van der Waals surface area contributed by atoms with Gasteiger partial charge in [0.05, 0.1) is 6.04 Å². The highest BCUT2D eigenvalue weighted by atomic mass is 79.9. The molecule has 0 amide bonds. The van der Waals surface area contributed by atoms with Gasteiger partial charge in [0.15, 0.2) is 4.67 Å². The third-order valence-electron chi connectivity index (χ3n) is 3.87. The average molecular weight is 300 g/mol. The van der Waals surface area contributed by atoms with Gasteiger partial charge < -0.3 is 9.73 Å². The van der Waals surface area contributed by atoms with Crippen LogP contribution in [-0.4, -0.2) is 6.54 Å². The molecule has 2 nitrogen and oxygen atoms in total. The SMILES string of the molecule is CC1CCC(CNC(C)c2ccc(Br)o2)CC1. The Bertz CT molecular complexity index is 342. The lowest BCUT2D eigenvalue weighted by molar-refractivity contribution is 0.271. The molecule has 17 heavy (non-hydrogen) atoms. The van der Waals surface area contributed by atoms with Gasteiger partial charge in [0.25, 0.3) is 0 Å². The summed E-state index contributed by atoms with van der Waals surface area (Å²) >= 11 is 3.34. The first-order chi connectivity index (χ1) is 8.15. The summed E-state index contributed by atoms with van der Waals surface area (Å²) in [5.41, 5.74) is 0. The minimum absolute atomic E-state index is 0.306. The fourth-order valence-electron chi connectivity index (χ4n) is 2.54. The minimum Gasteiger partial charge on any atom is -0.453 e. The molecule has 1 saturated carbocycles. The van der Waals surface area contributed by atoms with Crippen LogP contribution < -0.4 is 5.32 Å². The summed E-state index contributed by atoms with van der Waals surface area (Å²) in [6.45, 7) is 5.65. The molecule has 0 aliphatic heterocycles. The summed E-state index contributed by atoms with van der Waals surface area (Å²) in [6.07, 6.45) is 5.55. The standard InChI is InChI=1S/C14H22BrNO/c1-10-3-5-12(6-4-10)9-16-11(2)13-7-8-14(15)17-13/h7-8,10-12,16H,3-6,9H2,1-2H3. The predicted molar refractivity (Wildman–Crippen MR) is 73.9 cm³/mol. The highest BCUT2D eigenvalue weighted by molar-refractivity contribution is 9.10. The van der Waals surface area contributed by atoms with Crippen LogP contribution in [0.5, 0.6) is 0 Å². The van der Waals surface area contributed by atoms with Crippen molar-refractivity contribution in [3.05, 3.63) is 22.6 Å². The summed E-state index contributed by atoms with van der Waals surface area (Å²) in [7, 11) is 0. The van der Waals surface area contributed by atoms with Crippen LogP contribution in [0, 0.1) is 11.8 Å². The van der Waals surface area contributed by atoms with E-state index in [0.29, 0.717) is 6.04 Å². The van der Waals surface area contributed by atoms with Gasteiger partial charge in [-0.2, -0.15) is 0 Å².